The second-order valence-electron chi connectivity index (χ2n) is 7.58. The number of aryl methyl sites for hydroxylation is 1. The van der Waals surface area contributed by atoms with E-state index < -0.39 is 0 Å². The predicted molar refractivity (Wildman–Crippen MR) is 129 cm³/mol. The molecule has 0 spiro atoms. The van der Waals surface area contributed by atoms with Crippen molar-refractivity contribution in [3.8, 4) is 0 Å². The Morgan fingerprint density at radius 1 is 0.903 bits per heavy atom. The van der Waals surface area contributed by atoms with Crippen LogP contribution >= 0.6 is 11.8 Å². The van der Waals surface area contributed by atoms with E-state index in [1.165, 1.54) is 10.5 Å². The Morgan fingerprint density at radius 3 is 2.26 bits per heavy atom. The van der Waals surface area contributed by atoms with E-state index in [0.717, 1.165) is 17.7 Å². The molecule has 4 nitrogen and oxygen atoms in total. The first-order chi connectivity index (χ1) is 15.0. The van der Waals surface area contributed by atoms with Crippen LogP contribution in [0.4, 0.5) is 5.69 Å². The molecule has 0 bridgehead atoms. The summed E-state index contributed by atoms with van der Waals surface area (Å²) in [4.78, 5) is 26.5. The zero-order valence-electron chi connectivity index (χ0n) is 18.1. The highest BCUT2D eigenvalue weighted by molar-refractivity contribution is 7.98. The highest BCUT2D eigenvalue weighted by atomic mass is 32.2. The van der Waals surface area contributed by atoms with Crippen molar-refractivity contribution in [1.82, 2.24) is 5.32 Å². The number of nitrogens with one attached hydrogen (secondary N) is 2. The average molecular weight is 433 g/mol. The molecule has 0 heterocycles. The van der Waals surface area contributed by atoms with Crippen molar-refractivity contribution in [2.45, 2.75) is 43.9 Å². The molecule has 3 rings (SSSR count). The monoisotopic (exact) mass is 432 g/mol. The summed E-state index contributed by atoms with van der Waals surface area (Å²) in [6.45, 7) is 6.05. The summed E-state index contributed by atoms with van der Waals surface area (Å²) in [6.07, 6.45) is 0.842. The molecular formula is C26H28N2O2S. The second kappa shape index (κ2) is 10.8. The van der Waals surface area contributed by atoms with Crippen LogP contribution < -0.4 is 10.6 Å². The highest BCUT2D eigenvalue weighted by Crippen LogP contribution is 2.23. The lowest BCUT2D eigenvalue weighted by Gasteiger charge is -2.14. The SMILES string of the molecule is CC[C@@H](C)NC(=O)c1ccccc1NC(=O)c1ccc(CSc2ccc(C)cc2)cc1. The number of thioether (sulfide) groups is 1. The van der Waals surface area contributed by atoms with Crippen LogP contribution in [0, 0.1) is 6.92 Å². The maximum atomic E-state index is 12.7. The number of benzene rings is 3. The molecular weight excluding hydrogens is 404 g/mol. The number of carbonyl (C=O) groups excluding carboxylic acids is 2. The van der Waals surface area contributed by atoms with E-state index in [1.807, 2.05) is 38.1 Å². The summed E-state index contributed by atoms with van der Waals surface area (Å²) in [7, 11) is 0. The Morgan fingerprint density at radius 2 is 1.58 bits per heavy atom. The van der Waals surface area contributed by atoms with Crippen molar-refractivity contribution in [1.29, 1.82) is 0 Å². The van der Waals surface area contributed by atoms with E-state index >= 15 is 0 Å². The van der Waals surface area contributed by atoms with Crippen LogP contribution in [-0.4, -0.2) is 17.9 Å². The van der Waals surface area contributed by atoms with E-state index in [2.05, 4.69) is 41.8 Å². The molecule has 0 saturated heterocycles. The van der Waals surface area contributed by atoms with Crippen molar-refractivity contribution in [2.24, 2.45) is 0 Å². The highest BCUT2D eigenvalue weighted by Gasteiger charge is 2.15. The van der Waals surface area contributed by atoms with Gasteiger partial charge in [0.25, 0.3) is 11.8 Å². The lowest BCUT2D eigenvalue weighted by molar-refractivity contribution is 0.0940. The maximum absolute atomic E-state index is 12.7. The van der Waals surface area contributed by atoms with Gasteiger partial charge in [0, 0.05) is 22.3 Å². The molecule has 0 aliphatic heterocycles. The molecule has 31 heavy (non-hydrogen) atoms. The molecule has 5 heteroatoms. The Balaban J connectivity index is 1.63. The fraction of sp³-hybridized carbons (Fsp3) is 0.231. The van der Waals surface area contributed by atoms with Gasteiger partial charge in [-0.1, -0.05) is 48.9 Å². The van der Waals surface area contributed by atoms with Crippen molar-refractivity contribution >= 4 is 29.3 Å². The number of hydrogen-bond acceptors (Lipinski definition) is 3. The topological polar surface area (TPSA) is 58.2 Å². The zero-order valence-corrected chi connectivity index (χ0v) is 19.0. The van der Waals surface area contributed by atoms with E-state index in [1.54, 1.807) is 36.0 Å². The lowest BCUT2D eigenvalue weighted by Crippen LogP contribution is -2.32. The molecule has 0 fully saturated rings. The van der Waals surface area contributed by atoms with Gasteiger partial charge in [-0.25, -0.2) is 0 Å². The quantitative estimate of drug-likeness (QED) is 0.425. The molecule has 1 atom stereocenters. The molecule has 2 N–H and O–H groups in total. The summed E-state index contributed by atoms with van der Waals surface area (Å²) in [5.74, 6) is 0.416. The van der Waals surface area contributed by atoms with Crippen LogP contribution in [-0.2, 0) is 5.75 Å². The molecule has 2 amide bonds. The third-order valence-electron chi connectivity index (χ3n) is 5.05. The largest absolute Gasteiger partial charge is 0.350 e. The second-order valence-corrected chi connectivity index (χ2v) is 8.63. The predicted octanol–water partition coefficient (Wildman–Crippen LogP) is 6.07. The molecule has 0 aromatic heterocycles. The summed E-state index contributed by atoms with van der Waals surface area (Å²) < 4.78 is 0. The third kappa shape index (κ3) is 6.46. The van der Waals surface area contributed by atoms with Crippen LogP contribution in [0.15, 0.2) is 77.7 Å². The van der Waals surface area contributed by atoms with Crippen molar-refractivity contribution < 1.29 is 9.59 Å². The Labute approximate surface area is 188 Å². The van der Waals surface area contributed by atoms with E-state index in [4.69, 9.17) is 0 Å². The van der Waals surface area contributed by atoms with Gasteiger partial charge in [0.2, 0.25) is 0 Å². The van der Waals surface area contributed by atoms with E-state index in [-0.39, 0.29) is 17.9 Å². The van der Waals surface area contributed by atoms with Crippen LogP contribution in [0.25, 0.3) is 0 Å². The van der Waals surface area contributed by atoms with E-state index in [0.29, 0.717) is 16.8 Å². The Bertz CT molecular complexity index is 1030. The molecule has 0 aliphatic rings. The number of amides is 2. The van der Waals surface area contributed by atoms with Gasteiger partial charge in [-0.05, 0) is 62.2 Å². The minimum Gasteiger partial charge on any atom is -0.350 e. The van der Waals surface area contributed by atoms with Gasteiger partial charge in [0.05, 0.1) is 11.3 Å². The standard InChI is InChI=1S/C26H28N2O2S/c1-4-19(3)27-26(30)23-7-5-6-8-24(23)28-25(29)21-13-11-20(12-14-21)17-31-22-15-9-18(2)10-16-22/h5-16,19H,4,17H2,1-3H3,(H,27,30)(H,28,29)/t19-/m1/s1. The van der Waals surface area contributed by atoms with Gasteiger partial charge in [0.1, 0.15) is 0 Å². The Kier molecular flexibility index (Phi) is 7.90. The van der Waals surface area contributed by atoms with Gasteiger partial charge in [-0.2, -0.15) is 0 Å². The normalized spacial score (nSPS) is 11.6. The van der Waals surface area contributed by atoms with E-state index in [9.17, 15) is 9.59 Å². The minimum absolute atomic E-state index is 0.0709. The molecule has 3 aromatic carbocycles. The molecule has 0 radical (unpaired) electrons. The zero-order chi connectivity index (χ0) is 22.2. The van der Waals surface area contributed by atoms with Gasteiger partial charge in [0.15, 0.2) is 0 Å². The van der Waals surface area contributed by atoms with Crippen molar-refractivity contribution in [2.75, 3.05) is 5.32 Å². The maximum Gasteiger partial charge on any atom is 0.255 e. The molecule has 160 valence electrons. The molecule has 3 aromatic rings. The number of carbonyl (C=O) groups is 2. The van der Waals surface area contributed by atoms with Crippen LogP contribution in [0.1, 0.15) is 52.1 Å². The summed E-state index contributed by atoms with van der Waals surface area (Å²) >= 11 is 1.77. The van der Waals surface area contributed by atoms with Crippen LogP contribution in [0.3, 0.4) is 0 Å². The van der Waals surface area contributed by atoms with Crippen LogP contribution in [0.5, 0.6) is 0 Å². The Hall–Kier alpha value is -3.05. The van der Waals surface area contributed by atoms with Crippen molar-refractivity contribution in [3.05, 3.63) is 95.1 Å². The summed E-state index contributed by atoms with van der Waals surface area (Å²) in [5, 5.41) is 5.82. The molecule has 0 unspecified atom stereocenters. The molecule has 0 saturated carbocycles. The van der Waals surface area contributed by atoms with Gasteiger partial charge >= 0.3 is 0 Å². The fourth-order valence-electron chi connectivity index (χ4n) is 2.94. The number of hydrogen-bond donors (Lipinski definition) is 2. The van der Waals surface area contributed by atoms with Crippen molar-refractivity contribution in [3.63, 3.8) is 0 Å². The smallest absolute Gasteiger partial charge is 0.255 e. The van der Waals surface area contributed by atoms with Gasteiger partial charge in [-0.15, -0.1) is 11.8 Å². The first kappa shape index (κ1) is 22.6. The summed E-state index contributed by atoms with van der Waals surface area (Å²) in [5.41, 5.74) is 3.92. The number of rotatable bonds is 8. The first-order valence-corrected chi connectivity index (χ1v) is 11.4. The lowest BCUT2D eigenvalue weighted by atomic mass is 10.1. The minimum atomic E-state index is -0.235. The molecule has 0 aliphatic carbocycles. The van der Waals surface area contributed by atoms with Crippen LogP contribution in [0.2, 0.25) is 0 Å². The first-order valence-electron chi connectivity index (χ1n) is 10.5. The number of anilines is 1. The fourth-order valence-corrected chi connectivity index (χ4v) is 3.80. The van der Waals surface area contributed by atoms with Gasteiger partial charge < -0.3 is 10.6 Å². The van der Waals surface area contributed by atoms with Gasteiger partial charge in [-0.3, -0.25) is 9.59 Å². The average Bonchev–Trinajstić information content (AvgIpc) is 2.79. The number of para-hydroxylation sites is 1. The summed E-state index contributed by atoms with van der Waals surface area (Å²) in [6, 6.07) is 23.2. The third-order valence-corrected chi connectivity index (χ3v) is 6.14.